The third-order valence-corrected chi connectivity index (χ3v) is 4.53. The summed E-state index contributed by atoms with van der Waals surface area (Å²) in [6.07, 6.45) is 5.18. The minimum atomic E-state index is 0.313. The third-order valence-electron chi connectivity index (χ3n) is 4.53. The summed E-state index contributed by atoms with van der Waals surface area (Å²) in [4.78, 5) is 2.59. The minimum Gasteiger partial charge on any atom is -0.303 e. The van der Waals surface area contributed by atoms with Crippen LogP contribution in [0.5, 0.6) is 0 Å². The van der Waals surface area contributed by atoms with Crippen LogP contribution < -0.4 is 0 Å². The molecule has 1 aliphatic heterocycles. The van der Waals surface area contributed by atoms with Gasteiger partial charge in [0.05, 0.1) is 0 Å². The van der Waals surface area contributed by atoms with Gasteiger partial charge in [-0.1, -0.05) is 45.0 Å². The van der Waals surface area contributed by atoms with Crippen LogP contribution in [0.1, 0.15) is 51.2 Å². The zero-order valence-corrected chi connectivity index (χ0v) is 12.2. The molecule has 0 aliphatic carbocycles. The van der Waals surface area contributed by atoms with E-state index in [4.69, 9.17) is 0 Å². The van der Waals surface area contributed by atoms with Crippen LogP contribution in [0.25, 0.3) is 0 Å². The molecule has 18 heavy (non-hydrogen) atoms. The molecule has 0 atom stereocenters. The number of likely N-dealkylation sites (tertiary alicyclic amines) is 1. The fourth-order valence-electron chi connectivity index (χ4n) is 2.62. The van der Waals surface area contributed by atoms with Gasteiger partial charge in [0.25, 0.3) is 0 Å². The first-order chi connectivity index (χ1) is 8.62. The lowest BCUT2D eigenvalue weighted by Crippen LogP contribution is -2.22. The van der Waals surface area contributed by atoms with E-state index in [1.165, 1.54) is 56.4 Å². The molecule has 1 nitrogen and oxygen atoms in total. The zero-order valence-electron chi connectivity index (χ0n) is 12.2. The average Bonchev–Trinajstić information content (AvgIpc) is 2.90. The van der Waals surface area contributed by atoms with Crippen molar-refractivity contribution in [2.45, 2.75) is 51.9 Å². The lowest BCUT2D eigenvalue weighted by molar-refractivity contribution is 0.343. The van der Waals surface area contributed by atoms with Gasteiger partial charge in [-0.15, -0.1) is 0 Å². The summed E-state index contributed by atoms with van der Waals surface area (Å²) in [5.41, 5.74) is 3.26. The Kier molecular flexibility index (Phi) is 4.45. The molecule has 0 N–H and O–H groups in total. The first-order valence-electron chi connectivity index (χ1n) is 7.43. The molecule has 0 saturated carbocycles. The number of hydrogen-bond donors (Lipinski definition) is 0. The molecule has 1 fully saturated rings. The van der Waals surface area contributed by atoms with Crippen molar-refractivity contribution in [3.63, 3.8) is 0 Å². The van der Waals surface area contributed by atoms with Crippen LogP contribution in [0, 0.1) is 0 Å². The topological polar surface area (TPSA) is 3.24 Å². The van der Waals surface area contributed by atoms with Crippen LogP contribution in [-0.2, 0) is 11.8 Å². The molecule has 1 heteroatoms. The Bertz CT molecular complexity index is 358. The van der Waals surface area contributed by atoms with E-state index in [0.29, 0.717) is 5.41 Å². The third kappa shape index (κ3) is 3.35. The van der Waals surface area contributed by atoms with Crippen molar-refractivity contribution in [1.29, 1.82) is 0 Å². The lowest BCUT2D eigenvalue weighted by Gasteiger charge is -2.23. The molecule has 0 unspecified atom stereocenters. The second-order valence-electron chi connectivity index (χ2n) is 6.23. The number of benzene rings is 1. The Morgan fingerprint density at radius 1 is 1.06 bits per heavy atom. The second-order valence-corrected chi connectivity index (χ2v) is 6.23. The summed E-state index contributed by atoms with van der Waals surface area (Å²) in [5.74, 6) is 0. The number of rotatable bonds is 5. The van der Waals surface area contributed by atoms with Gasteiger partial charge >= 0.3 is 0 Å². The molecule has 100 valence electrons. The molecule has 0 bridgehead atoms. The highest BCUT2D eigenvalue weighted by Crippen LogP contribution is 2.26. The van der Waals surface area contributed by atoms with Crippen LogP contribution >= 0.6 is 0 Å². The molecule has 0 radical (unpaired) electrons. The van der Waals surface area contributed by atoms with Crippen molar-refractivity contribution in [2.75, 3.05) is 19.6 Å². The normalized spacial score (nSPS) is 17.3. The van der Waals surface area contributed by atoms with Gasteiger partial charge in [-0.05, 0) is 55.3 Å². The van der Waals surface area contributed by atoms with E-state index < -0.39 is 0 Å². The highest BCUT2D eigenvalue weighted by Gasteiger charge is 2.17. The smallest absolute Gasteiger partial charge is 0.00218 e. The molecular weight excluding hydrogens is 218 g/mol. The fourth-order valence-corrected chi connectivity index (χ4v) is 2.62. The van der Waals surface area contributed by atoms with E-state index in [2.05, 4.69) is 49.9 Å². The predicted molar refractivity (Wildman–Crippen MR) is 79.1 cm³/mol. The Labute approximate surface area is 112 Å². The van der Waals surface area contributed by atoms with E-state index in [1.54, 1.807) is 0 Å². The summed E-state index contributed by atoms with van der Waals surface area (Å²) in [5, 5.41) is 0. The van der Waals surface area contributed by atoms with E-state index in [0.717, 1.165) is 0 Å². The molecule has 1 aromatic carbocycles. The molecule has 0 aromatic heterocycles. The molecule has 1 heterocycles. The minimum absolute atomic E-state index is 0.313. The van der Waals surface area contributed by atoms with Gasteiger partial charge in [-0.25, -0.2) is 0 Å². The van der Waals surface area contributed by atoms with E-state index in [9.17, 15) is 0 Å². The Balaban J connectivity index is 1.91. The monoisotopic (exact) mass is 245 g/mol. The molecular formula is C17H27N. The Hall–Kier alpha value is -0.820. The standard InChI is InChI=1S/C17H27N/c1-4-17(2,3)16-9-7-15(8-10-16)11-14-18-12-5-6-13-18/h7-10H,4-6,11-14H2,1-3H3. The number of nitrogens with zero attached hydrogens (tertiary/aromatic N) is 1. The van der Waals surface area contributed by atoms with E-state index in [1.807, 2.05) is 0 Å². The zero-order chi connectivity index (χ0) is 13.0. The van der Waals surface area contributed by atoms with Gasteiger partial charge < -0.3 is 4.90 Å². The van der Waals surface area contributed by atoms with Crippen LogP contribution in [0.4, 0.5) is 0 Å². The second kappa shape index (κ2) is 5.88. The maximum Gasteiger partial charge on any atom is 0.00218 e. The van der Waals surface area contributed by atoms with Gasteiger partial charge in [-0.2, -0.15) is 0 Å². The summed E-state index contributed by atoms with van der Waals surface area (Å²) < 4.78 is 0. The quantitative estimate of drug-likeness (QED) is 0.757. The molecule has 1 aromatic rings. The van der Waals surface area contributed by atoms with Gasteiger partial charge in [0.1, 0.15) is 0 Å². The molecule has 0 spiro atoms. The SMILES string of the molecule is CCC(C)(C)c1ccc(CCN2CCCC2)cc1. The van der Waals surface area contributed by atoms with Crippen molar-refractivity contribution in [2.24, 2.45) is 0 Å². The van der Waals surface area contributed by atoms with Gasteiger partial charge in [0.15, 0.2) is 0 Å². The Morgan fingerprint density at radius 3 is 2.22 bits per heavy atom. The average molecular weight is 245 g/mol. The highest BCUT2D eigenvalue weighted by molar-refractivity contribution is 5.28. The van der Waals surface area contributed by atoms with E-state index in [-0.39, 0.29) is 0 Å². The van der Waals surface area contributed by atoms with Crippen molar-refractivity contribution in [1.82, 2.24) is 4.90 Å². The van der Waals surface area contributed by atoms with E-state index >= 15 is 0 Å². The van der Waals surface area contributed by atoms with Crippen LogP contribution in [-0.4, -0.2) is 24.5 Å². The van der Waals surface area contributed by atoms with Gasteiger partial charge in [0.2, 0.25) is 0 Å². The molecule has 1 saturated heterocycles. The summed E-state index contributed by atoms with van der Waals surface area (Å²) in [7, 11) is 0. The first-order valence-corrected chi connectivity index (χ1v) is 7.43. The largest absolute Gasteiger partial charge is 0.303 e. The summed E-state index contributed by atoms with van der Waals surface area (Å²) in [6, 6.07) is 9.29. The van der Waals surface area contributed by atoms with Crippen LogP contribution in [0.15, 0.2) is 24.3 Å². The van der Waals surface area contributed by atoms with Gasteiger partial charge in [0, 0.05) is 6.54 Å². The molecule has 2 rings (SSSR count). The lowest BCUT2D eigenvalue weighted by atomic mass is 9.82. The predicted octanol–water partition coefficient (Wildman–Crippen LogP) is 4.01. The fraction of sp³-hybridized carbons (Fsp3) is 0.647. The number of hydrogen-bond acceptors (Lipinski definition) is 1. The van der Waals surface area contributed by atoms with Crippen LogP contribution in [0.2, 0.25) is 0 Å². The molecule has 0 amide bonds. The van der Waals surface area contributed by atoms with Crippen molar-refractivity contribution in [3.05, 3.63) is 35.4 Å². The van der Waals surface area contributed by atoms with Crippen LogP contribution in [0.3, 0.4) is 0 Å². The summed E-state index contributed by atoms with van der Waals surface area (Å²) in [6.45, 7) is 10.8. The van der Waals surface area contributed by atoms with Crippen molar-refractivity contribution >= 4 is 0 Å². The highest BCUT2D eigenvalue weighted by atomic mass is 15.1. The Morgan fingerprint density at radius 2 is 1.67 bits per heavy atom. The van der Waals surface area contributed by atoms with Gasteiger partial charge in [-0.3, -0.25) is 0 Å². The van der Waals surface area contributed by atoms with Crippen molar-refractivity contribution < 1.29 is 0 Å². The summed E-state index contributed by atoms with van der Waals surface area (Å²) >= 11 is 0. The first kappa shape index (κ1) is 13.6. The van der Waals surface area contributed by atoms with Crippen molar-refractivity contribution in [3.8, 4) is 0 Å². The maximum absolute atomic E-state index is 2.59. The molecule has 1 aliphatic rings. The maximum atomic E-state index is 2.59.